The van der Waals surface area contributed by atoms with Crippen LogP contribution in [0.4, 0.5) is 5.69 Å². The molecule has 0 aromatic heterocycles. The Morgan fingerprint density at radius 1 is 1.38 bits per heavy atom. The maximum atomic E-state index is 11.0. The molecule has 5 heteroatoms. The summed E-state index contributed by atoms with van der Waals surface area (Å²) in [6, 6.07) is 7.14. The molecule has 0 aliphatic heterocycles. The van der Waals surface area contributed by atoms with Gasteiger partial charge in [0.25, 0.3) is 5.69 Å². The molecular formula is C16H27N3O2. The van der Waals surface area contributed by atoms with Gasteiger partial charge < -0.3 is 5.73 Å². The zero-order chi connectivity index (χ0) is 16.0. The topological polar surface area (TPSA) is 72.4 Å². The summed E-state index contributed by atoms with van der Waals surface area (Å²) in [6.07, 6.45) is 0.912. The molecule has 1 atom stereocenters. The highest BCUT2D eigenvalue weighted by atomic mass is 16.6. The molecule has 0 fully saturated rings. The monoisotopic (exact) mass is 293 g/mol. The van der Waals surface area contributed by atoms with E-state index in [-0.39, 0.29) is 22.1 Å². The van der Waals surface area contributed by atoms with Crippen molar-refractivity contribution in [1.29, 1.82) is 0 Å². The fourth-order valence-electron chi connectivity index (χ4n) is 2.61. The molecule has 0 spiro atoms. The Kier molecular flexibility index (Phi) is 6.30. The minimum Gasteiger partial charge on any atom is -0.330 e. The molecule has 1 rings (SSSR count). The summed E-state index contributed by atoms with van der Waals surface area (Å²) in [5.41, 5.74) is 7.02. The van der Waals surface area contributed by atoms with Gasteiger partial charge in [-0.1, -0.05) is 39.8 Å². The standard InChI is InChI=1S/C16H27N3O2/c1-5-15(18(6-2)12-16(3,4)11-17)13-8-7-9-14(10-13)19(20)21/h7-10,15H,5-6,11-12,17H2,1-4H3. The Morgan fingerprint density at radius 2 is 2.05 bits per heavy atom. The second kappa shape index (κ2) is 7.52. The Hall–Kier alpha value is -1.46. The SMILES string of the molecule is CCC(c1cccc([N+](=O)[O-])c1)N(CC)CC(C)(C)CN. The molecule has 5 nitrogen and oxygen atoms in total. The molecular weight excluding hydrogens is 266 g/mol. The number of hydrogen-bond acceptors (Lipinski definition) is 4. The Labute approximate surface area is 127 Å². The molecule has 0 aliphatic carbocycles. The number of non-ortho nitro benzene ring substituents is 1. The Balaban J connectivity index is 3.04. The number of nitro groups is 1. The Morgan fingerprint density at radius 3 is 2.52 bits per heavy atom. The first-order valence-corrected chi connectivity index (χ1v) is 7.53. The largest absolute Gasteiger partial charge is 0.330 e. The van der Waals surface area contributed by atoms with Crippen molar-refractivity contribution < 1.29 is 4.92 Å². The zero-order valence-corrected chi connectivity index (χ0v) is 13.5. The molecule has 0 aliphatic rings. The molecule has 1 aromatic rings. The van der Waals surface area contributed by atoms with Crippen LogP contribution in [0.3, 0.4) is 0 Å². The van der Waals surface area contributed by atoms with E-state index < -0.39 is 0 Å². The van der Waals surface area contributed by atoms with Crippen molar-refractivity contribution in [3.05, 3.63) is 39.9 Å². The van der Waals surface area contributed by atoms with E-state index in [4.69, 9.17) is 5.73 Å². The fraction of sp³-hybridized carbons (Fsp3) is 0.625. The summed E-state index contributed by atoms with van der Waals surface area (Å²) >= 11 is 0. The zero-order valence-electron chi connectivity index (χ0n) is 13.5. The minimum absolute atomic E-state index is 0.0319. The number of nitrogens with zero attached hydrogens (tertiary/aromatic N) is 2. The van der Waals surface area contributed by atoms with Crippen molar-refractivity contribution in [2.75, 3.05) is 19.6 Å². The predicted octanol–water partition coefficient (Wildman–Crippen LogP) is 3.35. The molecule has 118 valence electrons. The van der Waals surface area contributed by atoms with Gasteiger partial charge in [0, 0.05) is 24.7 Å². The quantitative estimate of drug-likeness (QED) is 0.589. The molecule has 0 radical (unpaired) electrons. The van der Waals surface area contributed by atoms with E-state index in [0.717, 1.165) is 25.1 Å². The van der Waals surface area contributed by atoms with Gasteiger partial charge in [0.15, 0.2) is 0 Å². The second-order valence-corrected chi connectivity index (χ2v) is 6.21. The molecule has 0 amide bonds. The van der Waals surface area contributed by atoms with Crippen LogP contribution in [0.5, 0.6) is 0 Å². The van der Waals surface area contributed by atoms with Crippen LogP contribution < -0.4 is 5.73 Å². The van der Waals surface area contributed by atoms with Crippen molar-refractivity contribution in [3.63, 3.8) is 0 Å². The number of nitrogens with two attached hydrogens (primary N) is 1. The van der Waals surface area contributed by atoms with Gasteiger partial charge in [-0.15, -0.1) is 0 Å². The molecule has 0 saturated carbocycles. The summed E-state index contributed by atoms with van der Waals surface area (Å²) in [5.74, 6) is 0. The van der Waals surface area contributed by atoms with Crippen LogP contribution >= 0.6 is 0 Å². The molecule has 1 unspecified atom stereocenters. The molecule has 21 heavy (non-hydrogen) atoms. The predicted molar refractivity (Wildman–Crippen MR) is 86.2 cm³/mol. The summed E-state index contributed by atoms with van der Waals surface area (Å²) in [6.45, 7) is 10.9. The normalized spacial score (nSPS) is 13.4. The molecule has 1 aromatic carbocycles. The molecule has 0 heterocycles. The third-order valence-electron chi connectivity index (χ3n) is 3.88. The van der Waals surface area contributed by atoms with Gasteiger partial charge in [0.05, 0.1) is 4.92 Å². The van der Waals surface area contributed by atoms with Gasteiger partial charge in [-0.2, -0.15) is 0 Å². The van der Waals surface area contributed by atoms with E-state index >= 15 is 0 Å². The van der Waals surface area contributed by atoms with E-state index in [1.807, 2.05) is 6.07 Å². The summed E-state index contributed by atoms with van der Waals surface area (Å²) in [7, 11) is 0. The van der Waals surface area contributed by atoms with E-state index in [9.17, 15) is 10.1 Å². The van der Waals surface area contributed by atoms with Gasteiger partial charge in [-0.25, -0.2) is 0 Å². The summed E-state index contributed by atoms with van der Waals surface area (Å²) < 4.78 is 0. The van der Waals surface area contributed by atoms with Crippen LogP contribution in [0.1, 0.15) is 45.7 Å². The molecule has 0 bridgehead atoms. The van der Waals surface area contributed by atoms with Gasteiger partial charge >= 0.3 is 0 Å². The van der Waals surface area contributed by atoms with Gasteiger partial charge in [0.1, 0.15) is 0 Å². The molecule has 0 saturated heterocycles. The van der Waals surface area contributed by atoms with Crippen molar-refractivity contribution >= 4 is 5.69 Å². The van der Waals surface area contributed by atoms with E-state index in [1.165, 1.54) is 6.07 Å². The van der Waals surface area contributed by atoms with Gasteiger partial charge in [-0.3, -0.25) is 15.0 Å². The number of rotatable bonds is 8. The lowest BCUT2D eigenvalue weighted by Gasteiger charge is -2.36. The summed E-state index contributed by atoms with van der Waals surface area (Å²) in [4.78, 5) is 13.0. The Bertz CT molecular complexity index is 474. The molecule has 2 N–H and O–H groups in total. The van der Waals surface area contributed by atoms with E-state index in [0.29, 0.717) is 6.54 Å². The smallest absolute Gasteiger partial charge is 0.269 e. The van der Waals surface area contributed by atoms with Gasteiger partial charge in [-0.05, 0) is 30.5 Å². The third-order valence-corrected chi connectivity index (χ3v) is 3.88. The van der Waals surface area contributed by atoms with Crippen LogP contribution in [-0.4, -0.2) is 29.5 Å². The van der Waals surface area contributed by atoms with Crippen LogP contribution in [0.15, 0.2) is 24.3 Å². The number of nitro benzene ring substituents is 1. The van der Waals surface area contributed by atoms with Gasteiger partial charge in [0.2, 0.25) is 0 Å². The lowest BCUT2D eigenvalue weighted by molar-refractivity contribution is -0.385. The maximum Gasteiger partial charge on any atom is 0.269 e. The van der Waals surface area contributed by atoms with Crippen LogP contribution in [0, 0.1) is 15.5 Å². The number of benzene rings is 1. The maximum absolute atomic E-state index is 11.0. The van der Waals surface area contributed by atoms with Crippen molar-refractivity contribution in [1.82, 2.24) is 4.90 Å². The average Bonchev–Trinajstić information content (AvgIpc) is 2.47. The van der Waals surface area contributed by atoms with Crippen molar-refractivity contribution in [2.24, 2.45) is 11.1 Å². The first-order chi connectivity index (χ1) is 9.84. The van der Waals surface area contributed by atoms with Crippen LogP contribution in [0.25, 0.3) is 0 Å². The first-order valence-electron chi connectivity index (χ1n) is 7.53. The minimum atomic E-state index is -0.337. The van der Waals surface area contributed by atoms with Crippen molar-refractivity contribution in [2.45, 2.75) is 40.2 Å². The highest BCUT2D eigenvalue weighted by Crippen LogP contribution is 2.29. The summed E-state index contributed by atoms with van der Waals surface area (Å²) in [5, 5.41) is 11.0. The van der Waals surface area contributed by atoms with E-state index in [2.05, 4.69) is 32.6 Å². The number of hydrogen-bond donors (Lipinski definition) is 1. The van der Waals surface area contributed by atoms with Crippen molar-refractivity contribution in [3.8, 4) is 0 Å². The lowest BCUT2D eigenvalue weighted by atomic mass is 9.91. The van der Waals surface area contributed by atoms with Crippen LogP contribution in [0.2, 0.25) is 0 Å². The lowest BCUT2D eigenvalue weighted by Crippen LogP contribution is -2.40. The third kappa shape index (κ3) is 4.79. The fourth-order valence-corrected chi connectivity index (χ4v) is 2.61. The first kappa shape index (κ1) is 17.6. The van der Waals surface area contributed by atoms with Crippen LogP contribution in [-0.2, 0) is 0 Å². The highest BCUT2D eigenvalue weighted by Gasteiger charge is 2.25. The average molecular weight is 293 g/mol. The second-order valence-electron chi connectivity index (χ2n) is 6.21. The highest BCUT2D eigenvalue weighted by molar-refractivity contribution is 5.35. The van der Waals surface area contributed by atoms with E-state index in [1.54, 1.807) is 12.1 Å².